The minimum Gasteiger partial charge on any atom is -0.458 e. The van der Waals surface area contributed by atoms with E-state index in [9.17, 15) is 0 Å². The fourth-order valence-corrected chi connectivity index (χ4v) is 10.1. The van der Waals surface area contributed by atoms with E-state index in [4.69, 9.17) is 14.2 Å². The maximum Gasteiger partial charge on any atom is 0.260 e. The lowest BCUT2D eigenvalue weighted by molar-refractivity contribution is 0.398. The third-order valence-corrected chi connectivity index (χ3v) is 13.1. The van der Waals surface area contributed by atoms with E-state index in [2.05, 4.69) is 192 Å². The van der Waals surface area contributed by atoms with Gasteiger partial charge in [0.05, 0.1) is 11.4 Å². The van der Waals surface area contributed by atoms with Gasteiger partial charge in [-0.2, -0.15) is 0 Å². The van der Waals surface area contributed by atoms with E-state index in [1.54, 1.807) is 0 Å². The van der Waals surface area contributed by atoms with Crippen LogP contribution in [0.5, 0.6) is 34.5 Å². The van der Waals surface area contributed by atoms with Crippen LogP contribution in [0.2, 0.25) is 0 Å². The summed E-state index contributed by atoms with van der Waals surface area (Å²) in [4.78, 5) is 2.40. The quantitative estimate of drug-likeness (QED) is 0.166. The number of anilines is 3. The first kappa shape index (κ1) is 33.2. The van der Waals surface area contributed by atoms with Crippen molar-refractivity contribution in [2.45, 2.75) is 57.8 Å². The first-order valence-electron chi connectivity index (χ1n) is 19.7. The number of hydrogen-bond acceptors (Lipinski definition) is 4. The minimum atomic E-state index is -0.332. The van der Waals surface area contributed by atoms with Crippen LogP contribution in [0.1, 0.15) is 74.9 Å². The van der Waals surface area contributed by atoms with Crippen molar-refractivity contribution >= 4 is 40.2 Å². The van der Waals surface area contributed by atoms with Crippen molar-refractivity contribution in [2.24, 2.45) is 0 Å². The fraction of sp³-hybridized carbons (Fsp3) is 0.176. The molecule has 0 spiro atoms. The normalized spacial score (nSPS) is 16.8. The number of fused-ring (bicyclic) bond motifs is 8. The summed E-state index contributed by atoms with van der Waals surface area (Å²) in [5, 5.41) is 0. The van der Waals surface area contributed by atoms with Gasteiger partial charge in [-0.3, -0.25) is 0 Å². The smallest absolute Gasteiger partial charge is 0.260 e. The topological polar surface area (TPSA) is 30.9 Å². The van der Waals surface area contributed by atoms with Crippen LogP contribution in [0.4, 0.5) is 17.1 Å². The van der Waals surface area contributed by atoms with Crippen molar-refractivity contribution in [3.05, 3.63) is 179 Å². The maximum atomic E-state index is 7.14. The molecule has 0 aliphatic carbocycles. The number of benzene rings is 7. The van der Waals surface area contributed by atoms with E-state index in [0.717, 1.165) is 67.7 Å². The van der Waals surface area contributed by atoms with Gasteiger partial charge in [0.1, 0.15) is 34.5 Å². The second kappa shape index (κ2) is 11.4. The number of rotatable bonds is 2. The second-order valence-corrected chi connectivity index (χ2v) is 17.3. The van der Waals surface area contributed by atoms with E-state index in [1.165, 1.54) is 33.6 Å². The lowest BCUT2D eigenvalue weighted by atomic mass is 9.34. The van der Waals surface area contributed by atoms with Crippen LogP contribution in [-0.4, -0.2) is 6.71 Å². The van der Waals surface area contributed by atoms with Gasteiger partial charge in [0, 0.05) is 55.7 Å². The molecule has 0 N–H and O–H groups in total. The highest BCUT2D eigenvalue weighted by Gasteiger charge is 2.47. The molecule has 4 heterocycles. The summed E-state index contributed by atoms with van der Waals surface area (Å²) < 4.78 is 21.2. The zero-order valence-electron chi connectivity index (χ0n) is 32.6. The van der Waals surface area contributed by atoms with Gasteiger partial charge in [-0.05, 0) is 64.5 Å². The van der Waals surface area contributed by atoms with Crippen molar-refractivity contribution in [2.75, 3.05) is 4.90 Å². The van der Waals surface area contributed by atoms with Crippen molar-refractivity contribution in [1.82, 2.24) is 0 Å². The summed E-state index contributed by atoms with van der Waals surface area (Å²) in [5.74, 6) is 5.13. The molecule has 56 heavy (non-hydrogen) atoms. The molecule has 7 aromatic rings. The molecule has 0 fully saturated rings. The Bertz CT molecular complexity index is 2670. The minimum absolute atomic E-state index is 0.150. The zero-order valence-corrected chi connectivity index (χ0v) is 32.6. The Hall–Kier alpha value is -6.20. The highest BCUT2D eigenvalue weighted by atomic mass is 16.5. The molecule has 0 atom stereocenters. The first-order valence-corrected chi connectivity index (χ1v) is 19.7. The average Bonchev–Trinajstić information content (AvgIpc) is 3.20. The maximum absolute atomic E-state index is 7.14. The summed E-state index contributed by atoms with van der Waals surface area (Å²) >= 11 is 0. The van der Waals surface area contributed by atoms with E-state index in [1.807, 2.05) is 0 Å². The van der Waals surface area contributed by atoms with Gasteiger partial charge >= 0.3 is 0 Å². The first-order chi connectivity index (χ1) is 27.0. The van der Waals surface area contributed by atoms with Crippen LogP contribution in [0.15, 0.2) is 146 Å². The van der Waals surface area contributed by atoms with Crippen LogP contribution in [-0.2, 0) is 16.2 Å². The summed E-state index contributed by atoms with van der Waals surface area (Å²) in [6.07, 6.45) is 0. The summed E-state index contributed by atoms with van der Waals surface area (Å²) in [6, 6.07) is 52.1. The molecular weight excluding hydrogens is 685 g/mol. The van der Waals surface area contributed by atoms with Crippen LogP contribution in [0.25, 0.3) is 0 Å². The van der Waals surface area contributed by atoms with Gasteiger partial charge in [-0.25, -0.2) is 0 Å². The molecule has 0 aromatic heterocycles. The zero-order chi connectivity index (χ0) is 38.1. The predicted molar refractivity (Wildman–Crippen MR) is 228 cm³/mol. The summed E-state index contributed by atoms with van der Waals surface area (Å²) in [5.41, 5.74) is 13.0. The van der Waals surface area contributed by atoms with Gasteiger partial charge in [0.25, 0.3) is 6.71 Å². The van der Waals surface area contributed by atoms with Gasteiger partial charge < -0.3 is 19.1 Å². The Kier molecular flexibility index (Phi) is 6.77. The molecular formula is C51H42BNO3. The summed E-state index contributed by atoms with van der Waals surface area (Å²) in [6.45, 7) is 13.7. The molecule has 272 valence electrons. The highest BCUT2D eigenvalue weighted by Crippen LogP contribution is 2.55. The third kappa shape index (κ3) is 4.43. The molecule has 0 saturated carbocycles. The van der Waals surface area contributed by atoms with Crippen LogP contribution in [0, 0.1) is 0 Å². The van der Waals surface area contributed by atoms with Gasteiger partial charge in [-0.15, -0.1) is 0 Å². The SMILES string of the molecule is CC1(C)c2ccccc2N(c2ccc3c(c2)Oc2ccccc2B3c2c3c(cc4c2Oc2ccccc2C4(C)C)C(C)(C)c2ccccc2O3)c2ccccc21. The highest BCUT2D eigenvalue weighted by molar-refractivity contribution is 6.98. The van der Waals surface area contributed by atoms with E-state index in [0.29, 0.717) is 0 Å². The van der Waals surface area contributed by atoms with Crippen molar-refractivity contribution < 1.29 is 14.2 Å². The Labute approximate surface area is 329 Å². The standard InChI is InChI=1S/C51H42BNO3/c1-49(2)32-17-7-12-22-40(32)53(41-23-13-8-18-33(41)49)31-27-28-39-45(29-31)54-44-26-16-11-21-38(44)52(39)46-47-36(50(3,4)34-19-9-14-24-42(34)55-47)30-37-48(46)56-43-25-15-10-20-35(43)51(37,5)6/h7-30H,1-6H3. The Morgan fingerprint density at radius 3 is 1.41 bits per heavy atom. The van der Waals surface area contributed by atoms with Crippen molar-refractivity contribution in [3.63, 3.8) is 0 Å². The molecule has 4 aliphatic rings. The number of hydrogen-bond donors (Lipinski definition) is 0. The van der Waals surface area contributed by atoms with Crippen molar-refractivity contribution in [1.29, 1.82) is 0 Å². The second-order valence-electron chi connectivity index (χ2n) is 17.3. The van der Waals surface area contributed by atoms with Gasteiger partial charge in [0.15, 0.2) is 0 Å². The van der Waals surface area contributed by atoms with Gasteiger partial charge in [0.2, 0.25) is 0 Å². The van der Waals surface area contributed by atoms with E-state index >= 15 is 0 Å². The monoisotopic (exact) mass is 727 g/mol. The molecule has 5 heteroatoms. The lowest BCUT2D eigenvalue weighted by Crippen LogP contribution is -2.56. The largest absolute Gasteiger partial charge is 0.458 e. The molecule has 0 radical (unpaired) electrons. The Morgan fingerprint density at radius 2 is 0.839 bits per heavy atom. The van der Waals surface area contributed by atoms with E-state index < -0.39 is 0 Å². The van der Waals surface area contributed by atoms with Crippen LogP contribution >= 0.6 is 0 Å². The number of nitrogens with zero attached hydrogens (tertiary/aromatic N) is 1. The molecule has 4 nitrogen and oxygen atoms in total. The Morgan fingerprint density at radius 1 is 0.393 bits per heavy atom. The number of para-hydroxylation sites is 5. The molecule has 4 aliphatic heterocycles. The molecule has 11 rings (SSSR count). The lowest BCUT2D eigenvalue weighted by Gasteiger charge is -2.43. The summed E-state index contributed by atoms with van der Waals surface area (Å²) in [7, 11) is 0. The molecule has 0 saturated heterocycles. The molecule has 7 aromatic carbocycles. The van der Waals surface area contributed by atoms with E-state index in [-0.39, 0.29) is 23.0 Å². The molecule has 0 bridgehead atoms. The van der Waals surface area contributed by atoms with Crippen molar-refractivity contribution in [3.8, 4) is 34.5 Å². The fourth-order valence-electron chi connectivity index (χ4n) is 10.1. The third-order valence-electron chi connectivity index (χ3n) is 13.1. The van der Waals surface area contributed by atoms with Crippen LogP contribution < -0.4 is 35.5 Å². The number of ether oxygens (including phenoxy) is 3. The predicted octanol–water partition coefficient (Wildman–Crippen LogP) is 11.3. The molecule has 0 amide bonds. The Balaban J connectivity index is 1.18. The van der Waals surface area contributed by atoms with Gasteiger partial charge in [-0.1, -0.05) is 139 Å². The van der Waals surface area contributed by atoms with Crippen LogP contribution in [0.3, 0.4) is 0 Å². The average molecular weight is 728 g/mol. The molecule has 0 unspecified atom stereocenters.